The summed E-state index contributed by atoms with van der Waals surface area (Å²) in [5.41, 5.74) is 1.75. The van der Waals surface area contributed by atoms with E-state index >= 15 is 0 Å². The third-order valence-electron chi connectivity index (χ3n) is 3.49. The van der Waals surface area contributed by atoms with Crippen LogP contribution in [0.3, 0.4) is 0 Å². The predicted octanol–water partition coefficient (Wildman–Crippen LogP) is 3.78. The highest BCUT2D eigenvalue weighted by Gasteiger charge is 2.15. The van der Waals surface area contributed by atoms with Crippen molar-refractivity contribution in [1.29, 1.82) is 0 Å². The maximum Gasteiger partial charge on any atom is 0.200 e. The third kappa shape index (κ3) is 2.65. The van der Waals surface area contributed by atoms with Crippen LogP contribution in [-0.2, 0) is 6.54 Å². The number of fused-ring (bicyclic) bond motifs is 1. The van der Waals surface area contributed by atoms with Gasteiger partial charge in [-0.2, -0.15) is 0 Å². The minimum atomic E-state index is -0.118. The van der Waals surface area contributed by atoms with Crippen molar-refractivity contribution >= 4 is 34.1 Å². The summed E-state index contributed by atoms with van der Waals surface area (Å²) in [5.74, 6) is -0.163. The Kier molecular flexibility index (Phi) is 3.77. The summed E-state index contributed by atoms with van der Waals surface area (Å²) in [6.07, 6.45) is 3.28. The number of hydrogen-bond acceptors (Lipinski definition) is 3. The van der Waals surface area contributed by atoms with Crippen molar-refractivity contribution in [3.63, 3.8) is 0 Å². The van der Waals surface area contributed by atoms with Crippen molar-refractivity contribution in [2.45, 2.75) is 13.5 Å². The molecular formula is C17H13ClN2O2. The van der Waals surface area contributed by atoms with Crippen LogP contribution in [0.25, 0.3) is 10.9 Å². The van der Waals surface area contributed by atoms with E-state index in [9.17, 15) is 9.59 Å². The van der Waals surface area contributed by atoms with Crippen LogP contribution in [0.5, 0.6) is 0 Å². The average molecular weight is 313 g/mol. The van der Waals surface area contributed by atoms with E-state index in [1.807, 2.05) is 0 Å². The summed E-state index contributed by atoms with van der Waals surface area (Å²) < 4.78 is 1.74. The van der Waals surface area contributed by atoms with Gasteiger partial charge in [-0.1, -0.05) is 23.7 Å². The fraction of sp³-hybridized carbons (Fsp3) is 0.118. The normalized spacial score (nSPS) is 10.8. The molecule has 4 nitrogen and oxygen atoms in total. The molecule has 0 atom stereocenters. The summed E-state index contributed by atoms with van der Waals surface area (Å²) in [7, 11) is 0. The van der Waals surface area contributed by atoms with E-state index in [2.05, 4.69) is 4.98 Å². The second-order valence-electron chi connectivity index (χ2n) is 5.03. The second-order valence-corrected chi connectivity index (χ2v) is 5.46. The van der Waals surface area contributed by atoms with Gasteiger partial charge in [-0.15, -0.1) is 0 Å². The largest absolute Gasteiger partial charge is 0.339 e. The van der Waals surface area contributed by atoms with E-state index in [0.717, 1.165) is 10.9 Å². The Morgan fingerprint density at radius 1 is 1.23 bits per heavy atom. The quantitative estimate of drug-likeness (QED) is 0.689. The Hall–Kier alpha value is -2.46. The number of rotatable bonds is 4. The van der Waals surface area contributed by atoms with Gasteiger partial charge in [0.1, 0.15) is 5.69 Å². The number of nitrogens with zero attached hydrogens (tertiary/aromatic N) is 2. The Bertz CT molecular complexity index is 869. The van der Waals surface area contributed by atoms with Crippen molar-refractivity contribution < 1.29 is 9.59 Å². The number of benzene rings is 1. The lowest BCUT2D eigenvalue weighted by atomic mass is 10.1. The van der Waals surface area contributed by atoms with Crippen molar-refractivity contribution in [1.82, 2.24) is 9.55 Å². The summed E-state index contributed by atoms with van der Waals surface area (Å²) >= 11 is 6.04. The molecular weight excluding hydrogens is 300 g/mol. The number of ketones is 2. The minimum Gasteiger partial charge on any atom is -0.339 e. The van der Waals surface area contributed by atoms with Gasteiger partial charge in [-0.3, -0.25) is 14.6 Å². The van der Waals surface area contributed by atoms with Gasteiger partial charge in [0.25, 0.3) is 0 Å². The first-order valence-corrected chi connectivity index (χ1v) is 7.17. The molecule has 0 spiro atoms. The van der Waals surface area contributed by atoms with E-state index < -0.39 is 0 Å². The molecule has 0 N–H and O–H groups in total. The monoisotopic (exact) mass is 312 g/mol. The van der Waals surface area contributed by atoms with Crippen LogP contribution in [-0.4, -0.2) is 21.1 Å². The maximum atomic E-state index is 12.3. The molecule has 0 amide bonds. The lowest BCUT2D eigenvalue weighted by Gasteiger charge is -2.04. The van der Waals surface area contributed by atoms with E-state index in [4.69, 9.17) is 11.6 Å². The van der Waals surface area contributed by atoms with Gasteiger partial charge in [0.2, 0.25) is 5.78 Å². The smallest absolute Gasteiger partial charge is 0.200 e. The Balaban J connectivity index is 2.05. The Morgan fingerprint density at radius 3 is 2.73 bits per heavy atom. The third-order valence-corrected chi connectivity index (χ3v) is 3.72. The first kappa shape index (κ1) is 14.5. The van der Waals surface area contributed by atoms with Crippen LogP contribution in [0.2, 0.25) is 5.02 Å². The number of Topliss-reactive ketones (excluding diaryl/α,β-unsaturated/α-hetero) is 2. The Morgan fingerprint density at radius 2 is 2.05 bits per heavy atom. The van der Waals surface area contributed by atoms with Crippen LogP contribution in [0.1, 0.15) is 27.8 Å². The molecule has 0 unspecified atom stereocenters. The predicted molar refractivity (Wildman–Crippen MR) is 85.5 cm³/mol. The van der Waals surface area contributed by atoms with Crippen molar-refractivity contribution in [3.05, 3.63) is 65.1 Å². The number of pyridine rings is 1. The maximum absolute atomic E-state index is 12.3. The fourth-order valence-corrected chi connectivity index (χ4v) is 2.61. The lowest BCUT2D eigenvalue weighted by Crippen LogP contribution is -2.11. The number of halogens is 1. The zero-order valence-corrected chi connectivity index (χ0v) is 12.7. The summed E-state index contributed by atoms with van der Waals surface area (Å²) in [6.45, 7) is 1.62. The molecule has 0 saturated heterocycles. The van der Waals surface area contributed by atoms with Crippen LogP contribution >= 0.6 is 11.6 Å². The van der Waals surface area contributed by atoms with Gasteiger partial charge in [0.15, 0.2) is 5.78 Å². The van der Waals surface area contributed by atoms with E-state index in [0.29, 0.717) is 16.3 Å². The van der Waals surface area contributed by atoms with Crippen LogP contribution in [0.4, 0.5) is 0 Å². The van der Waals surface area contributed by atoms with Gasteiger partial charge >= 0.3 is 0 Å². The topological polar surface area (TPSA) is 52.0 Å². The minimum absolute atomic E-state index is 0.0450. The highest BCUT2D eigenvalue weighted by atomic mass is 35.5. The Labute approximate surface area is 132 Å². The van der Waals surface area contributed by atoms with Gasteiger partial charge in [-0.05, 0) is 31.2 Å². The number of hydrogen-bond donors (Lipinski definition) is 0. The molecule has 0 saturated carbocycles. The molecule has 0 fully saturated rings. The molecule has 0 aliphatic rings. The second kappa shape index (κ2) is 5.73. The number of carbonyl (C=O) groups excluding carboxylic acids is 2. The number of aromatic nitrogens is 2. The molecule has 1 aromatic carbocycles. The molecule has 0 aliphatic heterocycles. The molecule has 3 rings (SSSR count). The zero-order chi connectivity index (χ0) is 15.7. The van der Waals surface area contributed by atoms with Crippen molar-refractivity contribution in [2.24, 2.45) is 0 Å². The van der Waals surface area contributed by atoms with Crippen LogP contribution in [0.15, 0.2) is 48.8 Å². The summed E-state index contributed by atoms with van der Waals surface area (Å²) in [4.78, 5) is 28.1. The highest BCUT2D eigenvalue weighted by molar-refractivity contribution is 6.31. The zero-order valence-electron chi connectivity index (χ0n) is 11.9. The van der Waals surface area contributed by atoms with Gasteiger partial charge < -0.3 is 4.57 Å². The summed E-state index contributed by atoms with van der Waals surface area (Å²) in [6, 6.07) is 10.5. The van der Waals surface area contributed by atoms with Crippen LogP contribution < -0.4 is 0 Å². The molecule has 3 aromatic rings. The molecule has 2 aromatic heterocycles. The van der Waals surface area contributed by atoms with Crippen molar-refractivity contribution in [2.75, 3.05) is 0 Å². The molecule has 110 valence electrons. The molecule has 0 radical (unpaired) electrons. The van der Waals surface area contributed by atoms with E-state index in [-0.39, 0.29) is 18.1 Å². The van der Waals surface area contributed by atoms with E-state index in [1.165, 1.54) is 6.92 Å². The molecule has 2 heterocycles. The van der Waals surface area contributed by atoms with Gasteiger partial charge in [0.05, 0.1) is 12.1 Å². The van der Waals surface area contributed by atoms with Gasteiger partial charge in [-0.25, -0.2) is 0 Å². The lowest BCUT2D eigenvalue weighted by molar-refractivity contribution is 0.0965. The molecule has 5 heteroatoms. The average Bonchev–Trinajstić information content (AvgIpc) is 2.86. The molecule has 22 heavy (non-hydrogen) atoms. The first-order valence-electron chi connectivity index (χ1n) is 6.80. The molecule has 0 aliphatic carbocycles. The molecule has 0 bridgehead atoms. The SMILES string of the molecule is CC(=O)c1cn(CC(=O)c2ccccn2)c2cc(Cl)ccc12. The standard InChI is InChI=1S/C17H13ClN2O2/c1-11(21)14-9-20(16-8-12(18)5-6-13(14)16)10-17(22)15-4-2-3-7-19-15/h2-9H,10H2,1H3. The fourth-order valence-electron chi connectivity index (χ4n) is 2.44. The van der Waals surface area contributed by atoms with Gasteiger partial charge in [0, 0.05) is 28.4 Å². The summed E-state index contributed by atoms with van der Waals surface area (Å²) in [5, 5.41) is 1.36. The first-order chi connectivity index (χ1) is 10.6. The number of carbonyl (C=O) groups is 2. The van der Waals surface area contributed by atoms with E-state index in [1.54, 1.807) is 53.4 Å². The van der Waals surface area contributed by atoms with Crippen LogP contribution in [0, 0.1) is 0 Å². The highest BCUT2D eigenvalue weighted by Crippen LogP contribution is 2.25. The van der Waals surface area contributed by atoms with Crippen molar-refractivity contribution in [3.8, 4) is 0 Å².